The Morgan fingerprint density at radius 3 is 2.63 bits per heavy atom. The van der Waals surface area contributed by atoms with Crippen LogP contribution in [-0.4, -0.2) is 39.1 Å². The van der Waals surface area contributed by atoms with E-state index >= 15 is 0 Å². The summed E-state index contributed by atoms with van der Waals surface area (Å²) in [4.78, 5) is 0. The van der Waals surface area contributed by atoms with Crippen LogP contribution >= 0.6 is 15.9 Å². The SMILES string of the molecule is CC(C)(CNCCOc1cccc(Br)c1)S(C)(=O)=O. The number of halogens is 1. The first kappa shape index (κ1) is 16.5. The second kappa shape index (κ2) is 6.72. The van der Waals surface area contributed by atoms with Gasteiger partial charge >= 0.3 is 0 Å². The predicted octanol–water partition coefficient (Wildman–Crippen LogP) is 2.24. The highest BCUT2D eigenvalue weighted by Gasteiger charge is 2.29. The lowest BCUT2D eigenvalue weighted by molar-refractivity contribution is 0.311. The maximum atomic E-state index is 11.5. The zero-order valence-electron chi connectivity index (χ0n) is 11.4. The van der Waals surface area contributed by atoms with Crippen LogP contribution in [0.15, 0.2) is 28.7 Å². The number of sulfone groups is 1. The molecule has 0 saturated heterocycles. The fraction of sp³-hybridized carbons (Fsp3) is 0.538. The second-order valence-electron chi connectivity index (χ2n) is 5.01. The Hall–Kier alpha value is -0.590. The van der Waals surface area contributed by atoms with E-state index in [2.05, 4.69) is 21.2 Å². The van der Waals surface area contributed by atoms with Gasteiger partial charge in [0.05, 0.1) is 4.75 Å². The van der Waals surface area contributed by atoms with E-state index < -0.39 is 14.6 Å². The van der Waals surface area contributed by atoms with Crippen LogP contribution in [0.2, 0.25) is 0 Å². The van der Waals surface area contributed by atoms with Crippen molar-refractivity contribution in [1.29, 1.82) is 0 Å². The molecule has 108 valence electrons. The Morgan fingerprint density at radius 1 is 1.37 bits per heavy atom. The average Bonchev–Trinajstić information content (AvgIpc) is 2.27. The molecule has 19 heavy (non-hydrogen) atoms. The maximum Gasteiger partial charge on any atom is 0.153 e. The summed E-state index contributed by atoms with van der Waals surface area (Å²) in [5.41, 5.74) is 0. The molecule has 0 atom stereocenters. The molecule has 1 rings (SSSR count). The summed E-state index contributed by atoms with van der Waals surface area (Å²) >= 11 is 3.37. The van der Waals surface area contributed by atoms with E-state index in [0.29, 0.717) is 19.7 Å². The maximum absolute atomic E-state index is 11.5. The van der Waals surface area contributed by atoms with E-state index in [-0.39, 0.29) is 0 Å². The smallest absolute Gasteiger partial charge is 0.153 e. The fourth-order valence-electron chi connectivity index (χ4n) is 1.32. The second-order valence-corrected chi connectivity index (χ2v) is 8.58. The molecule has 0 spiro atoms. The van der Waals surface area contributed by atoms with Gasteiger partial charge in [-0.3, -0.25) is 0 Å². The zero-order valence-corrected chi connectivity index (χ0v) is 13.8. The summed E-state index contributed by atoms with van der Waals surface area (Å²) in [6.45, 7) is 4.93. The summed E-state index contributed by atoms with van der Waals surface area (Å²) < 4.78 is 28.8. The molecule has 0 heterocycles. The molecule has 1 aromatic rings. The Morgan fingerprint density at radius 2 is 2.05 bits per heavy atom. The molecule has 0 aliphatic carbocycles. The van der Waals surface area contributed by atoms with E-state index in [4.69, 9.17) is 4.74 Å². The molecule has 0 aliphatic rings. The molecule has 1 aromatic carbocycles. The largest absolute Gasteiger partial charge is 0.492 e. The summed E-state index contributed by atoms with van der Waals surface area (Å²) in [5.74, 6) is 0.790. The van der Waals surface area contributed by atoms with E-state index in [0.717, 1.165) is 10.2 Å². The minimum absolute atomic E-state index is 0.410. The Kier molecular flexibility index (Phi) is 5.82. The van der Waals surface area contributed by atoms with Crippen LogP contribution in [0.3, 0.4) is 0 Å². The third-order valence-corrected chi connectivity index (χ3v) is 5.54. The molecule has 1 N–H and O–H groups in total. The Labute approximate surface area is 123 Å². The van der Waals surface area contributed by atoms with Crippen LogP contribution in [0.1, 0.15) is 13.8 Å². The predicted molar refractivity (Wildman–Crippen MR) is 81.4 cm³/mol. The highest BCUT2D eigenvalue weighted by atomic mass is 79.9. The molecule has 0 aliphatic heterocycles. The lowest BCUT2D eigenvalue weighted by Crippen LogP contribution is -2.42. The molecule has 0 amide bonds. The lowest BCUT2D eigenvalue weighted by atomic mass is 10.2. The van der Waals surface area contributed by atoms with Gasteiger partial charge < -0.3 is 10.1 Å². The Bertz CT molecular complexity index is 514. The molecule has 6 heteroatoms. The van der Waals surface area contributed by atoms with Crippen LogP contribution < -0.4 is 10.1 Å². The zero-order chi connectivity index (χ0) is 14.5. The first-order valence-corrected chi connectivity index (χ1v) is 8.69. The number of hydrogen-bond donors (Lipinski definition) is 1. The van der Waals surface area contributed by atoms with E-state index in [1.807, 2.05) is 24.3 Å². The molecule has 4 nitrogen and oxygen atoms in total. The van der Waals surface area contributed by atoms with E-state index in [1.54, 1.807) is 13.8 Å². The number of nitrogens with one attached hydrogen (secondary N) is 1. The normalized spacial score (nSPS) is 12.4. The van der Waals surface area contributed by atoms with Crippen molar-refractivity contribution in [1.82, 2.24) is 5.32 Å². The van der Waals surface area contributed by atoms with Gasteiger partial charge in [-0.2, -0.15) is 0 Å². The van der Waals surface area contributed by atoms with Crippen molar-refractivity contribution in [3.63, 3.8) is 0 Å². The van der Waals surface area contributed by atoms with Gasteiger partial charge in [0.1, 0.15) is 12.4 Å². The number of hydrogen-bond acceptors (Lipinski definition) is 4. The van der Waals surface area contributed by atoms with E-state index in [9.17, 15) is 8.42 Å². The lowest BCUT2D eigenvalue weighted by Gasteiger charge is -2.22. The first-order chi connectivity index (χ1) is 8.72. The van der Waals surface area contributed by atoms with Gasteiger partial charge in [-0.05, 0) is 32.0 Å². The first-order valence-electron chi connectivity index (χ1n) is 6.01. The monoisotopic (exact) mass is 349 g/mol. The molecule has 0 bridgehead atoms. The summed E-state index contributed by atoms with van der Waals surface area (Å²) in [5, 5.41) is 3.10. The molecule has 0 fully saturated rings. The summed E-state index contributed by atoms with van der Waals surface area (Å²) in [7, 11) is -3.06. The molecule has 0 aromatic heterocycles. The fourth-order valence-corrected chi connectivity index (χ4v) is 2.06. The molecular weight excluding hydrogens is 330 g/mol. The standard InChI is InChI=1S/C13H20BrNO3S/c1-13(2,19(3,16)17)10-15-7-8-18-12-6-4-5-11(14)9-12/h4-6,9,15H,7-8,10H2,1-3H3. The molecule has 0 saturated carbocycles. The quantitative estimate of drug-likeness (QED) is 0.767. The average molecular weight is 350 g/mol. The van der Waals surface area contributed by atoms with Crippen LogP contribution in [0.25, 0.3) is 0 Å². The minimum Gasteiger partial charge on any atom is -0.492 e. The van der Waals surface area contributed by atoms with Gasteiger partial charge in [-0.1, -0.05) is 22.0 Å². The van der Waals surface area contributed by atoms with Crippen molar-refractivity contribution >= 4 is 25.8 Å². The molecule has 0 unspecified atom stereocenters. The van der Waals surface area contributed by atoms with Gasteiger partial charge in [0.25, 0.3) is 0 Å². The van der Waals surface area contributed by atoms with Gasteiger partial charge in [-0.15, -0.1) is 0 Å². The molecule has 0 radical (unpaired) electrons. The highest BCUT2D eigenvalue weighted by Crippen LogP contribution is 2.17. The van der Waals surface area contributed by atoms with Gasteiger partial charge in [-0.25, -0.2) is 8.42 Å². The topological polar surface area (TPSA) is 55.4 Å². The minimum atomic E-state index is -3.06. The number of ether oxygens (including phenoxy) is 1. The van der Waals surface area contributed by atoms with Crippen molar-refractivity contribution in [2.45, 2.75) is 18.6 Å². The Balaban J connectivity index is 2.29. The van der Waals surface area contributed by atoms with Crippen molar-refractivity contribution in [3.05, 3.63) is 28.7 Å². The van der Waals surface area contributed by atoms with Crippen LogP contribution in [0, 0.1) is 0 Å². The number of rotatable bonds is 7. The number of benzene rings is 1. The van der Waals surface area contributed by atoms with Crippen LogP contribution in [0.5, 0.6) is 5.75 Å². The highest BCUT2D eigenvalue weighted by molar-refractivity contribution is 9.10. The van der Waals surface area contributed by atoms with Gasteiger partial charge in [0.15, 0.2) is 9.84 Å². The van der Waals surface area contributed by atoms with Crippen molar-refractivity contribution in [2.75, 3.05) is 26.0 Å². The summed E-state index contributed by atoms with van der Waals surface area (Å²) in [6, 6.07) is 7.60. The van der Waals surface area contributed by atoms with Crippen molar-refractivity contribution < 1.29 is 13.2 Å². The summed E-state index contributed by atoms with van der Waals surface area (Å²) in [6.07, 6.45) is 1.26. The van der Waals surface area contributed by atoms with Crippen molar-refractivity contribution in [3.8, 4) is 5.75 Å². The van der Waals surface area contributed by atoms with Gasteiger partial charge in [0, 0.05) is 23.8 Å². The van der Waals surface area contributed by atoms with Crippen LogP contribution in [-0.2, 0) is 9.84 Å². The van der Waals surface area contributed by atoms with Gasteiger partial charge in [0.2, 0.25) is 0 Å². The third kappa shape index (κ3) is 5.50. The third-order valence-electron chi connectivity index (χ3n) is 2.90. The van der Waals surface area contributed by atoms with Crippen LogP contribution in [0.4, 0.5) is 0 Å². The van der Waals surface area contributed by atoms with E-state index in [1.165, 1.54) is 6.26 Å². The van der Waals surface area contributed by atoms with Crippen molar-refractivity contribution in [2.24, 2.45) is 0 Å². The molecular formula is C13H20BrNO3S.